The highest BCUT2D eigenvalue weighted by atomic mass is 16.5. The van der Waals surface area contributed by atoms with Crippen LogP contribution in [0.4, 0.5) is 0 Å². The Morgan fingerprint density at radius 1 is 1.23 bits per heavy atom. The fourth-order valence-electron chi connectivity index (χ4n) is 3.83. The van der Waals surface area contributed by atoms with E-state index in [2.05, 4.69) is 15.3 Å². The van der Waals surface area contributed by atoms with Crippen LogP contribution < -0.4 is 10.1 Å². The minimum absolute atomic E-state index is 0.0686. The summed E-state index contributed by atoms with van der Waals surface area (Å²) in [6.07, 6.45) is 1.65. The van der Waals surface area contributed by atoms with Gasteiger partial charge in [0.15, 0.2) is 0 Å². The lowest BCUT2D eigenvalue weighted by atomic mass is 10.0. The molecule has 3 rings (SSSR count). The zero-order chi connectivity index (χ0) is 21.7. The molecule has 2 heterocycles. The predicted molar refractivity (Wildman–Crippen MR) is 114 cm³/mol. The van der Waals surface area contributed by atoms with Crippen LogP contribution in [-0.2, 0) is 22.6 Å². The van der Waals surface area contributed by atoms with E-state index >= 15 is 0 Å². The second kappa shape index (κ2) is 9.69. The summed E-state index contributed by atoms with van der Waals surface area (Å²) in [7, 11) is 1.62. The smallest absolute Gasteiger partial charge is 0.224 e. The molecule has 1 atom stereocenters. The summed E-state index contributed by atoms with van der Waals surface area (Å²) < 4.78 is 5.22. The maximum absolute atomic E-state index is 12.5. The van der Waals surface area contributed by atoms with Gasteiger partial charge in [-0.3, -0.25) is 9.59 Å². The van der Waals surface area contributed by atoms with Crippen LogP contribution in [0.15, 0.2) is 24.3 Å². The van der Waals surface area contributed by atoms with E-state index in [-0.39, 0.29) is 24.2 Å². The maximum Gasteiger partial charge on any atom is 0.224 e. The van der Waals surface area contributed by atoms with Crippen molar-refractivity contribution >= 4 is 11.8 Å². The molecular weight excluding hydrogens is 380 g/mol. The zero-order valence-corrected chi connectivity index (χ0v) is 18.2. The number of ether oxygens (including phenoxy) is 1. The Balaban J connectivity index is 1.62. The molecule has 1 aliphatic heterocycles. The quantitative estimate of drug-likeness (QED) is 0.759. The topological polar surface area (TPSA) is 84.4 Å². The summed E-state index contributed by atoms with van der Waals surface area (Å²) in [6.45, 7) is 7.60. The summed E-state index contributed by atoms with van der Waals surface area (Å²) in [5, 5.41) is 2.95. The van der Waals surface area contributed by atoms with Gasteiger partial charge in [0.1, 0.15) is 11.6 Å². The molecule has 2 amide bonds. The highest BCUT2D eigenvalue weighted by molar-refractivity contribution is 5.79. The van der Waals surface area contributed by atoms with Crippen molar-refractivity contribution in [3.63, 3.8) is 0 Å². The fraction of sp³-hybridized carbons (Fsp3) is 0.478. The van der Waals surface area contributed by atoms with Crippen LogP contribution in [0.1, 0.15) is 54.0 Å². The molecule has 0 unspecified atom stereocenters. The first kappa shape index (κ1) is 21.7. The maximum atomic E-state index is 12.5. The van der Waals surface area contributed by atoms with Crippen LogP contribution >= 0.6 is 0 Å². The number of aryl methyl sites for hydroxylation is 2. The number of carbonyl (C=O) groups excluding carboxylic acids is 2. The second-order valence-corrected chi connectivity index (χ2v) is 7.72. The van der Waals surface area contributed by atoms with Crippen LogP contribution in [0.25, 0.3) is 0 Å². The van der Waals surface area contributed by atoms with Gasteiger partial charge in [-0.25, -0.2) is 9.97 Å². The molecule has 1 aliphatic rings. The first-order valence-electron chi connectivity index (χ1n) is 10.4. The lowest BCUT2D eigenvalue weighted by Gasteiger charge is -2.16. The molecule has 0 spiro atoms. The molecule has 1 N–H and O–H groups in total. The normalized spacial score (nSPS) is 15.9. The largest absolute Gasteiger partial charge is 0.497 e. The van der Waals surface area contributed by atoms with Crippen molar-refractivity contribution in [3.05, 3.63) is 52.6 Å². The molecule has 7 nitrogen and oxygen atoms in total. The number of nitrogens with one attached hydrogen (secondary N) is 1. The zero-order valence-electron chi connectivity index (χ0n) is 18.2. The van der Waals surface area contributed by atoms with Crippen molar-refractivity contribution in [1.29, 1.82) is 0 Å². The van der Waals surface area contributed by atoms with Crippen molar-refractivity contribution in [2.75, 3.05) is 20.2 Å². The average molecular weight is 411 g/mol. The van der Waals surface area contributed by atoms with Gasteiger partial charge >= 0.3 is 0 Å². The molecule has 1 aromatic heterocycles. The van der Waals surface area contributed by atoms with E-state index in [4.69, 9.17) is 4.74 Å². The van der Waals surface area contributed by atoms with Crippen molar-refractivity contribution < 1.29 is 14.3 Å². The van der Waals surface area contributed by atoms with Crippen molar-refractivity contribution in [2.24, 2.45) is 0 Å². The van der Waals surface area contributed by atoms with Gasteiger partial charge in [-0.05, 0) is 38.0 Å². The molecule has 0 radical (unpaired) electrons. The van der Waals surface area contributed by atoms with E-state index in [0.29, 0.717) is 19.5 Å². The van der Waals surface area contributed by atoms with Gasteiger partial charge in [-0.2, -0.15) is 0 Å². The Kier molecular flexibility index (Phi) is 7.03. The number of rotatable bonds is 7. The molecule has 0 aliphatic carbocycles. The Morgan fingerprint density at radius 3 is 2.63 bits per heavy atom. The number of carbonyl (C=O) groups is 2. The lowest BCUT2D eigenvalue weighted by Crippen LogP contribution is -2.28. The van der Waals surface area contributed by atoms with Crippen LogP contribution in [0.5, 0.6) is 5.75 Å². The third kappa shape index (κ3) is 5.14. The van der Waals surface area contributed by atoms with Crippen molar-refractivity contribution in [2.45, 2.75) is 52.5 Å². The lowest BCUT2D eigenvalue weighted by molar-refractivity contribution is -0.129. The van der Waals surface area contributed by atoms with Gasteiger partial charge in [0, 0.05) is 48.9 Å². The van der Waals surface area contributed by atoms with E-state index in [1.165, 1.54) is 0 Å². The molecule has 0 bridgehead atoms. The first-order valence-corrected chi connectivity index (χ1v) is 10.4. The van der Waals surface area contributed by atoms with Crippen molar-refractivity contribution in [3.8, 4) is 5.75 Å². The predicted octanol–water partition coefficient (Wildman–Crippen LogP) is 2.69. The summed E-state index contributed by atoms with van der Waals surface area (Å²) in [4.78, 5) is 35.7. The average Bonchev–Trinajstić information content (AvgIpc) is 3.24. The first-order chi connectivity index (χ1) is 14.4. The van der Waals surface area contributed by atoms with E-state index < -0.39 is 0 Å². The third-order valence-electron chi connectivity index (χ3n) is 5.61. The van der Waals surface area contributed by atoms with E-state index in [9.17, 15) is 9.59 Å². The number of benzene rings is 1. The van der Waals surface area contributed by atoms with Crippen LogP contribution in [0.2, 0.25) is 0 Å². The van der Waals surface area contributed by atoms with E-state index in [0.717, 1.165) is 47.1 Å². The van der Waals surface area contributed by atoms with Gasteiger partial charge < -0.3 is 15.0 Å². The standard InChI is InChI=1S/C23H30N4O3/c1-5-22(29)27-10-9-18(14-27)23-25-15(2)20(16(3)26-23)12-21(28)24-13-17-7-6-8-19(11-17)30-4/h6-8,11,18H,5,9-10,12-14H2,1-4H3,(H,24,28)/t18-/m0/s1. The molecule has 30 heavy (non-hydrogen) atoms. The van der Waals surface area contributed by atoms with Crippen LogP contribution in [0.3, 0.4) is 0 Å². The number of hydrogen-bond acceptors (Lipinski definition) is 5. The fourth-order valence-corrected chi connectivity index (χ4v) is 3.83. The minimum Gasteiger partial charge on any atom is -0.497 e. The number of likely N-dealkylation sites (tertiary alicyclic amines) is 1. The number of methoxy groups -OCH3 is 1. The molecule has 160 valence electrons. The second-order valence-electron chi connectivity index (χ2n) is 7.72. The van der Waals surface area contributed by atoms with E-state index in [1.54, 1.807) is 7.11 Å². The Labute approximate surface area is 177 Å². The Hall–Kier alpha value is -2.96. The summed E-state index contributed by atoms with van der Waals surface area (Å²) >= 11 is 0. The van der Waals surface area contributed by atoms with Gasteiger partial charge in [0.25, 0.3) is 0 Å². The highest BCUT2D eigenvalue weighted by Crippen LogP contribution is 2.26. The van der Waals surface area contributed by atoms with Gasteiger partial charge in [-0.15, -0.1) is 0 Å². The number of nitrogens with zero attached hydrogens (tertiary/aromatic N) is 3. The van der Waals surface area contributed by atoms with Crippen LogP contribution in [0, 0.1) is 13.8 Å². The molecule has 1 aromatic carbocycles. The van der Waals surface area contributed by atoms with Gasteiger partial charge in [-0.1, -0.05) is 19.1 Å². The minimum atomic E-state index is -0.0686. The molecule has 1 fully saturated rings. The molecule has 2 aromatic rings. The van der Waals surface area contributed by atoms with Crippen molar-refractivity contribution in [1.82, 2.24) is 20.2 Å². The summed E-state index contributed by atoms with van der Waals surface area (Å²) in [6, 6.07) is 7.63. The highest BCUT2D eigenvalue weighted by Gasteiger charge is 2.29. The van der Waals surface area contributed by atoms with E-state index in [1.807, 2.05) is 49.9 Å². The number of amides is 2. The SMILES string of the molecule is CCC(=O)N1CC[C@H](c2nc(C)c(CC(=O)NCc3cccc(OC)c3)c(C)n2)C1. The van der Waals surface area contributed by atoms with Crippen LogP contribution in [-0.4, -0.2) is 46.9 Å². The number of aromatic nitrogens is 2. The molecule has 7 heteroatoms. The molecular formula is C23H30N4O3. The number of hydrogen-bond donors (Lipinski definition) is 1. The summed E-state index contributed by atoms with van der Waals surface area (Å²) in [5.74, 6) is 1.81. The molecule has 0 saturated carbocycles. The third-order valence-corrected chi connectivity index (χ3v) is 5.61. The van der Waals surface area contributed by atoms with Gasteiger partial charge in [0.2, 0.25) is 11.8 Å². The Morgan fingerprint density at radius 2 is 1.97 bits per heavy atom. The van der Waals surface area contributed by atoms with Gasteiger partial charge in [0.05, 0.1) is 13.5 Å². The summed E-state index contributed by atoms with van der Waals surface area (Å²) in [5.41, 5.74) is 3.50. The Bertz CT molecular complexity index is 905. The molecule has 1 saturated heterocycles. The monoisotopic (exact) mass is 410 g/mol.